The Kier molecular flexibility index (Phi) is 2.71. The number of hydrogen-bond acceptors (Lipinski definition) is 2. The van der Waals surface area contributed by atoms with Crippen molar-refractivity contribution in [3.8, 4) is 0 Å². The molecule has 0 amide bonds. The van der Waals surface area contributed by atoms with Gasteiger partial charge in [0.25, 0.3) is 0 Å². The Balaban J connectivity index is 2.53. The van der Waals surface area contributed by atoms with Gasteiger partial charge < -0.3 is 10.2 Å². The second-order valence-corrected chi connectivity index (χ2v) is 3.19. The Morgan fingerprint density at radius 2 is 2.55 bits per heavy atom. The molecule has 1 aliphatic heterocycles. The van der Waals surface area contributed by atoms with E-state index in [9.17, 15) is 0 Å². The summed E-state index contributed by atoms with van der Waals surface area (Å²) in [7, 11) is 2.13. The van der Waals surface area contributed by atoms with E-state index in [1.165, 1.54) is 5.57 Å². The van der Waals surface area contributed by atoms with E-state index in [4.69, 9.17) is 0 Å². The monoisotopic (exact) mass is 152 g/mol. The van der Waals surface area contributed by atoms with Gasteiger partial charge in [-0.1, -0.05) is 18.2 Å². The summed E-state index contributed by atoms with van der Waals surface area (Å²) in [6, 6.07) is 0.450. The molecule has 1 rings (SSSR count). The summed E-state index contributed by atoms with van der Waals surface area (Å²) in [6.07, 6.45) is 4.02. The Labute approximate surface area is 68.6 Å². The van der Waals surface area contributed by atoms with Crippen LogP contribution in [-0.4, -0.2) is 31.1 Å². The average Bonchev–Trinajstić information content (AvgIpc) is 1.85. The Morgan fingerprint density at radius 3 is 3.09 bits per heavy atom. The van der Waals surface area contributed by atoms with Gasteiger partial charge in [0.15, 0.2) is 0 Å². The topological polar surface area (TPSA) is 15.3 Å². The Bertz CT molecular complexity index is 172. The van der Waals surface area contributed by atoms with E-state index in [1.54, 1.807) is 6.20 Å². The first-order chi connectivity index (χ1) is 5.22. The molecule has 1 atom stereocenters. The van der Waals surface area contributed by atoms with Crippen LogP contribution in [0, 0.1) is 0 Å². The zero-order chi connectivity index (χ0) is 8.27. The molecule has 0 bridgehead atoms. The van der Waals surface area contributed by atoms with Crippen LogP contribution in [0.1, 0.15) is 6.92 Å². The first-order valence-electron chi connectivity index (χ1n) is 3.95. The Morgan fingerprint density at radius 1 is 1.82 bits per heavy atom. The lowest BCUT2D eigenvalue weighted by molar-refractivity contribution is 0.323. The van der Waals surface area contributed by atoms with E-state index in [0.717, 1.165) is 13.1 Å². The van der Waals surface area contributed by atoms with Gasteiger partial charge >= 0.3 is 0 Å². The number of likely N-dealkylation sites (N-methyl/N-ethyl adjacent to an activating group) is 1. The zero-order valence-corrected chi connectivity index (χ0v) is 7.30. The quantitative estimate of drug-likeness (QED) is 0.593. The van der Waals surface area contributed by atoms with Crippen LogP contribution >= 0.6 is 0 Å². The summed E-state index contributed by atoms with van der Waals surface area (Å²) in [6.45, 7) is 7.97. The summed E-state index contributed by atoms with van der Waals surface area (Å²) < 4.78 is 0. The number of nitrogens with one attached hydrogen (secondary N) is 1. The molecule has 0 saturated carbocycles. The standard InChI is InChI=1S/C9H16N2/c1-4-10-9-5-8(2)6-11(3)7-9/h4-5,9-10H,1,6-7H2,2-3H3. The second kappa shape index (κ2) is 3.58. The normalized spacial score (nSPS) is 26.0. The smallest absolute Gasteiger partial charge is 0.0569 e. The summed E-state index contributed by atoms with van der Waals surface area (Å²) in [5.74, 6) is 0. The summed E-state index contributed by atoms with van der Waals surface area (Å²) >= 11 is 0. The molecule has 2 heteroatoms. The van der Waals surface area contributed by atoms with Crippen LogP contribution < -0.4 is 5.32 Å². The van der Waals surface area contributed by atoms with Crippen molar-refractivity contribution < 1.29 is 0 Å². The highest BCUT2D eigenvalue weighted by Gasteiger charge is 2.12. The van der Waals surface area contributed by atoms with Crippen molar-refractivity contribution in [2.24, 2.45) is 0 Å². The van der Waals surface area contributed by atoms with Crippen molar-refractivity contribution in [3.05, 3.63) is 24.4 Å². The number of hydrogen-bond donors (Lipinski definition) is 1. The van der Waals surface area contributed by atoms with E-state index >= 15 is 0 Å². The van der Waals surface area contributed by atoms with Crippen LogP contribution in [0.25, 0.3) is 0 Å². The highest BCUT2D eigenvalue weighted by Crippen LogP contribution is 2.06. The molecule has 11 heavy (non-hydrogen) atoms. The van der Waals surface area contributed by atoms with E-state index in [-0.39, 0.29) is 0 Å². The van der Waals surface area contributed by atoms with Gasteiger partial charge in [0.05, 0.1) is 6.04 Å². The van der Waals surface area contributed by atoms with Gasteiger partial charge in [0, 0.05) is 13.1 Å². The minimum absolute atomic E-state index is 0.450. The molecule has 0 spiro atoms. The van der Waals surface area contributed by atoms with E-state index in [2.05, 4.69) is 36.8 Å². The van der Waals surface area contributed by atoms with Crippen LogP contribution in [0.2, 0.25) is 0 Å². The predicted octanol–water partition coefficient (Wildman–Crippen LogP) is 0.980. The van der Waals surface area contributed by atoms with Crippen molar-refractivity contribution >= 4 is 0 Å². The van der Waals surface area contributed by atoms with Crippen LogP contribution in [0.4, 0.5) is 0 Å². The maximum absolute atomic E-state index is 3.65. The van der Waals surface area contributed by atoms with Crippen molar-refractivity contribution in [1.82, 2.24) is 10.2 Å². The third-order valence-corrected chi connectivity index (χ3v) is 1.85. The fraction of sp³-hybridized carbons (Fsp3) is 0.556. The maximum atomic E-state index is 3.65. The molecule has 0 aliphatic carbocycles. The maximum Gasteiger partial charge on any atom is 0.0569 e. The fourth-order valence-corrected chi connectivity index (χ4v) is 1.53. The summed E-state index contributed by atoms with van der Waals surface area (Å²) in [5.41, 5.74) is 1.43. The molecule has 2 nitrogen and oxygen atoms in total. The van der Waals surface area contributed by atoms with Crippen molar-refractivity contribution in [3.63, 3.8) is 0 Å². The van der Waals surface area contributed by atoms with Gasteiger partial charge in [-0.2, -0.15) is 0 Å². The van der Waals surface area contributed by atoms with Crippen LogP contribution in [0.3, 0.4) is 0 Å². The SMILES string of the molecule is C=CNC1C=C(C)CN(C)C1. The third-order valence-electron chi connectivity index (χ3n) is 1.85. The summed E-state index contributed by atoms with van der Waals surface area (Å²) in [5, 5.41) is 3.19. The van der Waals surface area contributed by atoms with Gasteiger partial charge in [-0.3, -0.25) is 0 Å². The molecule has 1 heterocycles. The van der Waals surface area contributed by atoms with Crippen molar-refractivity contribution in [2.75, 3.05) is 20.1 Å². The lowest BCUT2D eigenvalue weighted by atomic mass is 10.1. The number of nitrogens with zero attached hydrogens (tertiary/aromatic N) is 1. The fourth-order valence-electron chi connectivity index (χ4n) is 1.53. The molecule has 0 fully saturated rings. The van der Waals surface area contributed by atoms with Gasteiger partial charge in [-0.15, -0.1) is 0 Å². The zero-order valence-electron chi connectivity index (χ0n) is 7.30. The van der Waals surface area contributed by atoms with Crippen LogP contribution in [0.15, 0.2) is 24.4 Å². The van der Waals surface area contributed by atoms with Gasteiger partial charge in [-0.25, -0.2) is 0 Å². The lowest BCUT2D eigenvalue weighted by Gasteiger charge is -2.27. The molecular weight excluding hydrogens is 136 g/mol. The summed E-state index contributed by atoms with van der Waals surface area (Å²) in [4.78, 5) is 2.30. The van der Waals surface area contributed by atoms with Crippen LogP contribution in [0.5, 0.6) is 0 Å². The van der Waals surface area contributed by atoms with Gasteiger partial charge in [-0.05, 0) is 20.2 Å². The number of rotatable bonds is 2. The predicted molar refractivity (Wildman–Crippen MR) is 48.4 cm³/mol. The first-order valence-corrected chi connectivity index (χ1v) is 3.95. The molecule has 1 aliphatic rings. The first kappa shape index (κ1) is 8.34. The molecule has 0 aromatic heterocycles. The molecular formula is C9H16N2. The van der Waals surface area contributed by atoms with Crippen LogP contribution in [-0.2, 0) is 0 Å². The molecule has 1 N–H and O–H groups in total. The van der Waals surface area contributed by atoms with E-state index in [0.29, 0.717) is 6.04 Å². The molecule has 0 saturated heterocycles. The molecule has 0 aromatic rings. The molecule has 1 unspecified atom stereocenters. The van der Waals surface area contributed by atoms with E-state index in [1.807, 2.05) is 0 Å². The highest BCUT2D eigenvalue weighted by atomic mass is 15.1. The largest absolute Gasteiger partial charge is 0.384 e. The second-order valence-electron chi connectivity index (χ2n) is 3.19. The van der Waals surface area contributed by atoms with E-state index < -0.39 is 0 Å². The van der Waals surface area contributed by atoms with Crippen molar-refractivity contribution in [1.29, 1.82) is 0 Å². The lowest BCUT2D eigenvalue weighted by Crippen LogP contribution is -2.40. The highest BCUT2D eigenvalue weighted by molar-refractivity contribution is 5.11. The molecule has 0 aromatic carbocycles. The van der Waals surface area contributed by atoms with Crippen molar-refractivity contribution in [2.45, 2.75) is 13.0 Å². The minimum Gasteiger partial charge on any atom is -0.384 e. The third kappa shape index (κ3) is 2.39. The Hall–Kier alpha value is -0.760. The minimum atomic E-state index is 0.450. The molecule has 62 valence electrons. The van der Waals surface area contributed by atoms with Gasteiger partial charge in [0.2, 0.25) is 0 Å². The molecule has 0 radical (unpaired) electrons. The average molecular weight is 152 g/mol. The van der Waals surface area contributed by atoms with Gasteiger partial charge in [0.1, 0.15) is 0 Å².